The summed E-state index contributed by atoms with van der Waals surface area (Å²) in [5.41, 5.74) is 2.95. The standard InChI is InChI=1S/C25H30ClFN2O3S/c26-19-5-1-4-17(12-19)13-21-20-16-24(32-11-8-25(6-2-7-25)28-33(30)31)22(27)14-18(20)15-23(21)29-9-3-10-29/h1,4-5,12,14,16,21,23,28H,2-3,6-11,13,15H2,(H,30,31)/p-1. The van der Waals surface area contributed by atoms with E-state index in [0.717, 1.165) is 61.3 Å². The fourth-order valence-electron chi connectivity index (χ4n) is 5.58. The topological polar surface area (TPSA) is 64.6 Å². The summed E-state index contributed by atoms with van der Waals surface area (Å²) in [6.07, 6.45) is 6.00. The van der Waals surface area contributed by atoms with Gasteiger partial charge in [0.05, 0.1) is 6.61 Å². The Kier molecular flexibility index (Phi) is 6.78. The van der Waals surface area contributed by atoms with E-state index in [1.807, 2.05) is 24.3 Å². The van der Waals surface area contributed by atoms with E-state index in [9.17, 15) is 13.2 Å². The Morgan fingerprint density at radius 3 is 2.70 bits per heavy atom. The summed E-state index contributed by atoms with van der Waals surface area (Å²) >= 11 is 3.92. The molecule has 178 valence electrons. The van der Waals surface area contributed by atoms with Crippen molar-refractivity contribution in [3.63, 3.8) is 0 Å². The van der Waals surface area contributed by atoms with E-state index in [-0.39, 0.29) is 24.1 Å². The molecule has 0 amide bonds. The lowest BCUT2D eigenvalue weighted by Gasteiger charge is -2.43. The lowest BCUT2D eigenvalue weighted by Crippen LogP contribution is -2.52. The van der Waals surface area contributed by atoms with Crippen LogP contribution in [0.25, 0.3) is 0 Å². The van der Waals surface area contributed by atoms with Crippen LogP contribution >= 0.6 is 11.6 Å². The summed E-state index contributed by atoms with van der Waals surface area (Å²) in [4.78, 5) is 2.50. The molecule has 2 aliphatic carbocycles. The average molecular weight is 492 g/mol. The van der Waals surface area contributed by atoms with Crippen LogP contribution in [0.2, 0.25) is 5.02 Å². The maximum atomic E-state index is 14.9. The molecule has 3 unspecified atom stereocenters. The highest BCUT2D eigenvalue weighted by Crippen LogP contribution is 2.43. The molecule has 1 heterocycles. The van der Waals surface area contributed by atoms with Crippen LogP contribution < -0.4 is 9.46 Å². The Hall–Kier alpha value is -1.51. The van der Waals surface area contributed by atoms with Gasteiger partial charge in [-0.05, 0) is 92.6 Å². The van der Waals surface area contributed by atoms with Crippen LogP contribution in [0.3, 0.4) is 0 Å². The number of nitrogens with one attached hydrogen (secondary N) is 1. The third-order valence-corrected chi connectivity index (χ3v) is 8.47. The summed E-state index contributed by atoms with van der Waals surface area (Å²) < 4.78 is 45.7. The van der Waals surface area contributed by atoms with Gasteiger partial charge in [-0.2, -0.15) is 0 Å². The molecule has 2 fully saturated rings. The number of nitrogens with zero attached hydrogens (tertiary/aromatic N) is 1. The fourth-order valence-corrected chi connectivity index (χ4v) is 6.45. The molecule has 0 radical (unpaired) electrons. The van der Waals surface area contributed by atoms with Crippen molar-refractivity contribution in [2.24, 2.45) is 0 Å². The van der Waals surface area contributed by atoms with E-state index in [0.29, 0.717) is 12.5 Å². The maximum absolute atomic E-state index is 14.9. The predicted molar refractivity (Wildman–Crippen MR) is 127 cm³/mol. The van der Waals surface area contributed by atoms with Crippen molar-refractivity contribution >= 4 is 22.9 Å². The van der Waals surface area contributed by atoms with E-state index in [1.54, 1.807) is 6.07 Å². The first-order valence-corrected chi connectivity index (χ1v) is 13.2. The minimum Gasteiger partial charge on any atom is -0.760 e. The molecule has 0 aromatic heterocycles. The number of likely N-dealkylation sites (tertiary alicyclic amines) is 1. The zero-order valence-corrected chi connectivity index (χ0v) is 20.1. The molecule has 5 nitrogen and oxygen atoms in total. The van der Waals surface area contributed by atoms with Crippen molar-refractivity contribution < 1.29 is 17.9 Å². The quantitative estimate of drug-likeness (QED) is 0.524. The molecule has 8 heteroatoms. The molecule has 3 atom stereocenters. The second-order valence-corrected chi connectivity index (χ2v) is 10.8. The Balaban J connectivity index is 1.34. The zero-order chi connectivity index (χ0) is 23.0. The maximum Gasteiger partial charge on any atom is 0.165 e. The number of rotatable bonds is 9. The van der Waals surface area contributed by atoms with Crippen LogP contribution in [0.5, 0.6) is 5.75 Å². The van der Waals surface area contributed by atoms with Gasteiger partial charge in [0.25, 0.3) is 0 Å². The second kappa shape index (κ2) is 9.62. The number of benzene rings is 2. The van der Waals surface area contributed by atoms with Crippen molar-refractivity contribution in [1.82, 2.24) is 9.62 Å². The molecule has 2 aromatic carbocycles. The molecule has 33 heavy (non-hydrogen) atoms. The summed E-state index contributed by atoms with van der Waals surface area (Å²) in [7, 11) is 0. The normalized spacial score (nSPS) is 24.6. The molecular weight excluding hydrogens is 463 g/mol. The first kappa shape index (κ1) is 23.2. The third kappa shape index (κ3) is 4.98. The Labute approximate surface area is 202 Å². The summed E-state index contributed by atoms with van der Waals surface area (Å²) in [5, 5.41) is 0.729. The van der Waals surface area contributed by atoms with Gasteiger partial charge < -0.3 is 9.29 Å². The largest absolute Gasteiger partial charge is 0.760 e. The minimum absolute atomic E-state index is 0.254. The number of hydrogen-bond acceptors (Lipinski definition) is 4. The van der Waals surface area contributed by atoms with Gasteiger partial charge in [-0.25, -0.2) is 9.11 Å². The molecule has 5 rings (SSSR count). The molecule has 1 saturated carbocycles. The monoisotopic (exact) mass is 491 g/mol. The summed E-state index contributed by atoms with van der Waals surface area (Å²) in [6, 6.07) is 11.9. The van der Waals surface area contributed by atoms with Crippen LogP contribution in [0.4, 0.5) is 4.39 Å². The zero-order valence-electron chi connectivity index (χ0n) is 18.5. The van der Waals surface area contributed by atoms with Crippen molar-refractivity contribution in [2.75, 3.05) is 19.7 Å². The van der Waals surface area contributed by atoms with Crippen LogP contribution in [0.1, 0.15) is 54.7 Å². The SMILES string of the molecule is O=S([O-])NC1(CCOc2cc3c(cc2F)CC(N2CCC2)C3Cc2cccc(Cl)c2)CCC1. The van der Waals surface area contributed by atoms with Gasteiger partial charge in [-0.3, -0.25) is 9.11 Å². The number of hydrogen-bond donors (Lipinski definition) is 1. The van der Waals surface area contributed by atoms with Gasteiger partial charge in [0.15, 0.2) is 11.6 Å². The second-order valence-electron chi connectivity index (χ2n) is 9.65. The molecular formula is C25H29ClFN2O3S-. The van der Waals surface area contributed by atoms with Gasteiger partial charge >= 0.3 is 0 Å². The molecule has 1 N–H and O–H groups in total. The Morgan fingerprint density at radius 2 is 2.06 bits per heavy atom. The molecule has 0 bridgehead atoms. The van der Waals surface area contributed by atoms with E-state index in [2.05, 4.69) is 15.7 Å². The Bertz CT molecular complexity index is 1040. The summed E-state index contributed by atoms with van der Waals surface area (Å²) in [6.45, 7) is 2.45. The summed E-state index contributed by atoms with van der Waals surface area (Å²) in [5.74, 6) is 0.165. The minimum atomic E-state index is -2.31. The number of ether oxygens (including phenoxy) is 1. The van der Waals surface area contributed by atoms with Crippen molar-refractivity contribution in [3.8, 4) is 5.75 Å². The van der Waals surface area contributed by atoms with Gasteiger partial charge in [-0.15, -0.1) is 0 Å². The van der Waals surface area contributed by atoms with Gasteiger partial charge in [0.1, 0.15) is 0 Å². The first-order chi connectivity index (χ1) is 15.9. The lowest BCUT2D eigenvalue weighted by atomic mass is 9.75. The highest BCUT2D eigenvalue weighted by Gasteiger charge is 2.40. The van der Waals surface area contributed by atoms with Gasteiger partial charge in [0.2, 0.25) is 0 Å². The smallest absolute Gasteiger partial charge is 0.165 e. The van der Waals surface area contributed by atoms with Crippen LogP contribution in [0.15, 0.2) is 36.4 Å². The first-order valence-electron chi connectivity index (χ1n) is 11.7. The predicted octanol–water partition coefficient (Wildman–Crippen LogP) is 4.51. The van der Waals surface area contributed by atoms with Crippen LogP contribution in [-0.2, 0) is 24.1 Å². The van der Waals surface area contributed by atoms with Crippen molar-refractivity contribution in [3.05, 3.63) is 63.9 Å². The molecule has 0 spiro atoms. The van der Waals surface area contributed by atoms with Gasteiger partial charge in [0, 0.05) is 40.2 Å². The highest BCUT2D eigenvalue weighted by atomic mass is 35.5. The molecule has 2 aromatic rings. The van der Waals surface area contributed by atoms with Crippen molar-refractivity contribution in [1.29, 1.82) is 0 Å². The molecule has 1 saturated heterocycles. The van der Waals surface area contributed by atoms with Crippen LogP contribution in [0, 0.1) is 5.82 Å². The Morgan fingerprint density at radius 1 is 1.24 bits per heavy atom. The average Bonchev–Trinajstić information content (AvgIpc) is 3.01. The van der Waals surface area contributed by atoms with E-state index in [4.69, 9.17) is 16.3 Å². The number of halogens is 2. The fraction of sp³-hybridized carbons (Fsp3) is 0.520. The number of fused-ring (bicyclic) bond motifs is 1. The molecule has 3 aliphatic rings. The van der Waals surface area contributed by atoms with E-state index >= 15 is 0 Å². The highest BCUT2D eigenvalue weighted by molar-refractivity contribution is 7.77. The van der Waals surface area contributed by atoms with E-state index in [1.165, 1.54) is 12.0 Å². The van der Waals surface area contributed by atoms with Crippen molar-refractivity contribution in [2.45, 2.75) is 62.4 Å². The van der Waals surface area contributed by atoms with Crippen LogP contribution in [-0.4, -0.2) is 44.9 Å². The lowest BCUT2D eigenvalue weighted by molar-refractivity contribution is 0.106. The van der Waals surface area contributed by atoms with Gasteiger partial charge in [-0.1, -0.05) is 23.7 Å². The van der Waals surface area contributed by atoms with E-state index < -0.39 is 16.8 Å². The third-order valence-electron chi connectivity index (χ3n) is 7.64. The molecule has 1 aliphatic heterocycles.